The Morgan fingerprint density at radius 3 is 2.71 bits per heavy atom. The van der Waals surface area contributed by atoms with Crippen LogP contribution in [0, 0.1) is 0 Å². The second kappa shape index (κ2) is 6.40. The Balaban J connectivity index is 1.68. The molecule has 2 aliphatic rings. The smallest absolute Gasteiger partial charge is 0.276 e. The Hall–Kier alpha value is -2.14. The highest BCUT2D eigenvalue weighted by Crippen LogP contribution is 2.43. The highest BCUT2D eigenvalue weighted by atomic mass is 16.4. The topological polar surface area (TPSA) is 72.4 Å². The molecule has 1 aromatic carbocycles. The van der Waals surface area contributed by atoms with E-state index in [9.17, 15) is 4.79 Å². The summed E-state index contributed by atoms with van der Waals surface area (Å²) in [5.41, 5.74) is 7.28. The minimum Gasteiger partial charge on any atom is -0.440 e. The van der Waals surface area contributed by atoms with Crippen molar-refractivity contribution < 1.29 is 9.21 Å². The van der Waals surface area contributed by atoms with Gasteiger partial charge < -0.3 is 15.1 Å². The van der Waals surface area contributed by atoms with Crippen LogP contribution in [0.15, 0.2) is 34.7 Å². The molecule has 1 aliphatic heterocycles. The number of piperidine rings is 1. The van der Waals surface area contributed by atoms with E-state index in [2.05, 4.69) is 4.98 Å². The van der Waals surface area contributed by atoms with Gasteiger partial charge in [0.05, 0.1) is 0 Å². The van der Waals surface area contributed by atoms with E-state index in [1.807, 2.05) is 35.2 Å². The van der Waals surface area contributed by atoms with Crippen LogP contribution in [0.5, 0.6) is 0 Å². The molecule has 1 unspecified atom stereocenters. The summed E-state index contributed by atoms with van der Waals surface area (Å²) in [5, 5.41) is 0. The van der Waals surface area contributed by atoms with Crippen LogP contribution in [-0.2, 0) is 0 Å². The van der Waals surface area contributed by atoms with Crippen molar-refractivity contribution in [1.82, 2.24) is 9.88 Å². The Kier molecular flexibility index (Phi) is 4.10. The molecule has 1 amide bonds. The van der Waals surface area contributed by atoms with Gasteiger partial charge in [0, 0.05) is 30.6 Å². The van der Waals surface area contributed by atoms with Crippen LogP contribution in [0.4, 0.5) is 0 Å². The summed E-state index contributed by atoms with van der Waals surface area (Å²) in [6, 6.07) is 9.90. The van der Waals surface area contributed by atoms with E-state index >= 15 is 0 Å². The number of rotatable bonds is 4. The van der Waals surface area contributed by atoms with Crippen molar-refractivity contribution >= 4 is 5.91 Å². The monoisotopic (exact) mass is 325 g/mol. The zero-order valence-corrected chi connectivity index (χ0v) is 13.8. The van der Waals surface area contributed by atoms with Gasteiger partial charge in [0.15, 0.2) is 5.69 Å². The van der Waals surface area contributed by atoms with Crippen molar-refractivity contribution in [3.05, 3.63) is 41.8 Å². The predicted molar refractivity (Wildman–Crippen MR) is 91.6 cm³/mol. The Morgan fingerprint density at radius 1 is 1.21 bits per heavy atom. The maximum Gasteiger partial charge on any atom is 0.276 e. The molecule has 24 heavy (non-hydrogen) atoms. The van der Waals surface area contributed by atoms with Gasteiger partial charge in [0.2, 0.25) is 5.89 Å². The van der Waals surface area contributed by atoms with E-state index in [4.69, 9.17) is 10.2 Å². The molecule has 5 heteroatoms. The first-order chi connectivity index (χ1) is 11.8. The first kappa shape index (κ1) is 15.4. The molecule has 1 saturated carbocycles. The zero-order valence-electron chi connectivity index (χ0n) is 13.8. The quantitative estimate of drug-likeness (QED) is 0.937. The van der Waals surface area contributed by atoms with Crippen LogP contribution in [-0.4, -0.2) is 34.9 Å². The van der Waals surface area contributed by atoms with Gasteiger partial charge in [0.1, 0.15) is 5.76 Å². The first-order valence-electron chi connectivity index (χ1n) is 8.85. The lowest BCUT2D eigenvalue weighted by atomic mass is 10.0. The lowest BCUT2D eigenvalue weighted by Crippen LogP contribution is -2.47. The number of hydrogen-bond acceptors (Lipinski definition) is 4. The third-order valence-corrected chi connectivity index (χ3v) is 4.98. The Morgan fingerprint density at radius 2 is 2.00 bits per heavy atom. The van der Waals surface area contributed by atoms with Crippen LogP contribution in [0.2, 0.25) is 0 Å². The second-order valence-corrected chi connectivity index (χ2v) is 6.76. The molecule has 2 fully saturated rings. The molecule has 1 aromatic heterocycles. The number of nitrogens with two attached hydrogens (primary N) is 1. The van der Waals surface area contributed by atoms with Gasteiger partial charge in [-0.2, -0.15) is 0 Å². The highest BCUT2D eigenvalue weighted by Gasteiger charge is 2.37. The number of carbonyl (C=O) groups excluding carboxylic acids is 1. The highest BCUT2D eigenvalue weighted by molar-refractivity contribution is 5.94. The molecule has 2 N–H and O–H groups in total. The fraction of sp³-hybridized carbons (Fsp3) is 0.474. The summed E-state index contributed by atoms with van der Waals surface area (Å²) in [6.07, 6.45) is 5.29. The molecule has 0 bridgehead atoms. The Bertz CT molecular complexity index is 721. The average Bonchev–Trinajstić information content (AvgIpc) is 3.40. The third kappa shape index (κ3) is 2.84. The molecule has 4 rings (SSSR count). The number of oxazole rings is 1. The number of aromatic nitrogens is 1. The average molecular weight is 325 g/mol. The summed E-state index contributed by atoms with van der Waals surface area (Å²) < 4.78 is 6.02. The first-order valence-corrected chi connectivity index (χ1v) is 8.85. The van der Waals surface area contributed by atoms with E-state index in [1.54, 1.807) is 0 Å². The number of hydrogen-bond donors (Lipinski definition) is 1. The molecule has 2 heterocycles. The lowest BCUT2D eigenvalue weighted by Gasteiger charge is -2.34. The summed E-state index contributed by atoms with van der Waals surface area (Å²) in [4.78, 5) is 19.6. The summed E-state index contributed by atoms with van der Waals surface area (Å²) in [5.74, 6) is 1.63. The van der Waals surface area contributed by atoms with Gasteiger partial charge in [-0.25, -0.2) is 4.98 Å². The maximum atomic E-state index is 13.1. The number of nitrogens with zero attached hydrogens (tertiary/aromatic N) is 2. The molecule has 1 atom stereocenters. The molecule has 1 aliphatic carbocycles. The van der Waals surface area contributed by atoms with Crippen molar-refractivity contribution in [3.63, 3.8) is 0 Å². The van der Waals surface area contributed by atoms with E-state index in [0.717, 1.165) is 50.0 Å². The van der Waals surface area contributed by atoms with Crippen molar-refractivity contribution in [2.24, 2.45) is 5.73 Å². The number of carbonyl (C=O) groups is 1. The van der Waals surface area contributed by atoms with Crippen molar-refractivity contribution in [3.8, 4) is 11.5 Å². The van der Waals surface area contributed by atoms with E-state index in [1.165, 1.54) is 0 Å². The molecule has 5 nitrogen and oxygen atoms in total. The van der Waals surface area contributed by atoms with Gasteiger partial charge in [-0.3, -0.25) is 4.79 Å². The number of amides is 1. The minimum absolute atomic E-state index is 0.0158. The maximum absolute atomic E-state index is 13.1. The minimum atomic E-state index is -0.0158. The van der Waals surface area contributed by atoms with Crippen LogP contribution in [0.25, 0.3) is 11.5 Å². The van der Waals surface area contributed by atoms with Crippen LogP contribution < -0.4 is 5.73 Å². The molecular formula is C19H23N3O2. The van der Waals surface area contributed by atoms with Crippen LogP contribution in [0.3, 0.4) is 0 Å². The normalized spacial score (nSPS) is 21.0. The van der Waals surface area contributed by atoms with Gasteiger partial charge in [-0.05, 0) is 44.2 Å². The van der Waals surface area contributed by atoms with Crippen molar-refractivity contribution in [2.45, 2.75) is 44.1 Å². The van der Waals surface area contributed by atoms with Crippen molar-refractivity contribution in [1.29, 1.82) is 0 Å². The van der Waals surface area contributed by atoms with Gasteiger partial charge in [-0.1, -0.05) is 18.2 Å². The Labute approximate surface area is 141 Å². The van der Waals surface area contributed by atoms with Crippen LogP contribution >= 0.6 is 0 Å². The lowest BCUT2D eigenvalue weighted by molar-refractivity contribution is 0.0615. The standard InChI is InChI=1S/C19H23N3O2/c20-12-15-8-4-5-11-22(15)19(23)16-17(13-9-10-13)24-18(21-16)14-6-2-1-3-7-14/h1-3,6-7,13,15H,4-5,8-12,20H2. The molecule has 0 spiro atoms. The molecule has 126 valence electrons. The SMILES string of the molecule is NCC1CCCCN1C(=O)c1nc(-c2ccccc2)oc1C1CC1. The fourth-order valence-corrected chi connectivity index (χ4v) is 3.46. The van der Waals surface area contributed by atoms with E-state index < -0.39 is 0 Å². The van der Waals surface area contributed by atoms with Gasteiger partial charge in [-0.15, -0.1) is 0 Å². The summed E-state index contributed by atoms with van der Waals surface area (Å²) in [7, 11) is 0. The van der Waals surface area contributed by atoms with E-state index in [0.29, 0.717) is 24.0 Å². The predicted octanol–water partition coefficient (Wildman–Crippen LogP) is 3.17. The third-order valence-electron chi connectivity index (χ3n) is 4.98. The largest absolute Gasteiger partial charge is 0.440 e. The second-order valence-electron chi connectivity index (χ2n) is 6.76. The number of likely N-dealkylation sites (tertiary alicyclic amines) is 1. The van der Waals surface area contributed by atoms with Gasteiger partial charge >= 0.3 is 0 Å². The summed E-state index contributed by atoms with van der Waals surface area (Å²) in [6.45, 7) is 1.27. The van der Waals surface area contributed by atoms with Crippen molar-refractivity contribution in [2.75, 3.05) is 13.1 Å². The fourth-order valence-electron chi connectivity index (χ4n) is 3.46. The van der Waals surface area contributed by atoms with Crippen LogP contribution in [0.1, 0.15) is 54.3 Å². The number of benzene rings is 1. The summed E-state index contributed by atoms with van der Waals surface area (Å²) >= 11 is 0. The molecular weight excluding hydrogens is 302 g/mol. The van der Waals surface area contributed by atoms with E-state index in [-0.39, 0.29) is 11.9 Å². The van der Waals surface area contributed by atoms with Gasteiger partial charge in [0.25, 0.3) is 5.91 Å². The zero-order chi connectivity index (χ0) is 16.5. The molecule has 2 aromatic rings. The molecule has 1 saturated heterocycles. The molecule has 0 radical (unpaired) electrons.